The zero-order valence-corrected chi connectivity index (χ0v) is 27.5. The van der Waals surface area contributed by atoms with Gasteiger partial charge in [0.1, 0.15) is 5.60 Å². The molecule has 4 rings (SSSR count). The summed E-state index contributed by atoms with van der Waals surface area (Å²) in [6.07, 6.45) is 4.70. The minimum atomic E-state index is -4.14. The highest BCUT2D eigenvalue weighted by molar-refractivity contribution is 8.00. The molecule has 0 bridgehead atoms. The topological polar surface area (TPSA) is 101 Å². The molecule has 4 atom stereocenters. The van der Waals surface area contributed by atoms with Crippen molar-refractivity contribution in [3.05, 3.63) is 63.6 Å². The number of rotatable bonds is 10. The smallest absolute Gasteiger partial charge is 0.309 e. The molecule has 7 nitrogen and oxygen atoms in total. The SMILES string of the molecule is Cc1ccc(S(=O)(=O)N2C(CC3CCCC3)[C@@H](SCCC(=O)OC(C)(C)C)[C@@H](C(=O)O)C2c2ccc(Cl)c(Cl)c2)cc1. The summed E-state index contributed by atoms with van der Waals surface area (Å²) >= 11 is 13.9. The average Bonchev–Trinajstić information content (AvgIpc) is 3.52. The lowest BCUT2D eigenvalue weighted by Crippen LogP contribution is -2.41. The van der Waals surface area contributed by atoms with Crippen molar-refractivity contribution in [1.82, 2.24) is 4.31 Å². The summed E-state index contributed by atoms with van der Waals surface area (Å²) < 4.78 is 35.9. The van der Waals surface area contributed by atoms with Gasteiger partial charge in [-0.2, -0.15) is 16.1 Å². The van der Waals surface area contributed by atoms with Crippen LogP contribution in [0, 0.1) is 18.8 Å². The van der Waals surface area contributed by atoms with E-state index in [1.165, 1.54) is 16.1 Å². The Labute approximate surface area is 263 Å². The van der Waals surface area contributed by atoms with Gasteiger partial charge in [0.25, 0.3) is 0 Å². The van der Waals surface area contributed by atoms with Crippen molar-refractivity contribution < 1.29 is 27.9 Å². The Morgan fingerprint density at radius 1 is 1.05 bits per heavy atom. The quantitative estimate of drug-likeness (QED) is 0.264. The van der Waals surface area contributed by atoms with E-state index in [0.29, 0.717) is 22.8 Å². The molecule has 1 saturated carbocycles. The molecule has 11 heteroatoms. The van der Waals surface area contributed by atoms with Crippen molar-refractivity contribution in [2.24, 2.45) is 11.8 Å². The first-order valence-corrected chi connectivity index (χ1v) is 17.5. The van der Waals surface area contributed by atoms with Crippen LogP contribution in [0.5, 0.6) is 0 Å². The molecule has 2 aromatic carbocycles. The monoisotopic (exact) mass is 655 g/mol. The van der Waals surface area contributed by atoms with Gasteiger partial charge >= 0.3 is 11.9 Å². The molecule has 2 aliphatic rings. The summed E-state index contributed by atoms with van der Waals surface area (Å²) in [6.45, 7) is 7.26. The second-order valence-electron chi connectivity index (χ2n) is 12.3. The maximum Gasteiger partial charge on any atom is 0.309 e. The van der Waals surface area contributed by atoms with E-state index in [1.54, 1.807) is 63.2 Å². The minimum Gasteiger partial charge on any atom is -0.481 e. The number of benzene rings is 2. The van der Waals surface area contributed by atoms with E-state index in [1.807, 2.05) is 6.92 Å². The van der Waals surface area contributed by atoms with Crippen LogP contribution >= 0.6 is 35.0 Å². The summed E-state index contributed by atoms with van der Waals surface area (Å²) in [5.74, 6) is -1.98. The Bertz CT molecular complexity index is 1390. The molecule has 0 radical (unpaired) electrons. The van der Waals surface area contributed by atoms with Crippen molar-refractivity contribution in [3.8, 4) is 0 Å². The number of ether oxygens (including phenoxy) is 1. The number of nitrogens with zero attached hydrogens (tertiary/aromatic N) is 1. The van der Waals surface area contributed by atoms with Crippen molar-refractivity contribution in [1.29, 1.82) is 0 Å². The van der Waals surface area contributed by atoms with Gasteiger partial charge in [-0.3, -0.25) is 9.59 Å². The Kier molecular flexibility index (Phi) is 10.6. The highest BCUT2D eigenvalue weighted by Gasteiger charge is 2.57. The van der Waals surface area contributed by atoms with Gasteiger partial charge in [-0.05, 0) is 69.9 Å². The van der Waals surface area contributed by atoms with Gasteiger partial charge in [-0.1, -0.05) is 72.6 Å². The molecule has 0 spiro atoms. The number of esters is 1. The molecule has 2 fully saturated rings. The van der Waals surface area contributed by atoms with Crippen molar-refractivity contribution >= 4 is 56.9 Å². The number of hydrogen-bond acceptors (Lipinski definition) is 6. The highest BCUT2D eigenvalue weighted by atomic mass is 35.5. The van der Waals surface area contributed by atoms with Crippen LogP contribution in [0.4, 0.5) is 0 Å². The Hall–Kier alpha value is -1.78. The number of sulfonamides is 1. The third kappa shape index (κ3) is 7.65. The van der Waals surface area contributed by atoms with Gasteiger partial charge in [0.05, 0.1) is 33.3 Å². The molecule has 2 aromatic rings. The maximum absolute atomic E-state index is 14.5. The minimum absolute atomic E-state index is 0.0864. The summed E-state index contributed by atoms with van der Waals surface area (Å²) in [7, 11) is -4.14. The largest absolute Gasteiger partial charge is 0.481 e. The number of carbonyl (C=O) groups excluding carboxylic acids is 1. The third-order valence-electron chi connectivity index (χ3n) is 7.93. The van der Waals surface area contributed by atoms with Crippen LogP contribution in [0.3, 0.4) is 0 Å². The lowest BCUT2D eigenvalue weighted by atomic mass is 9.91. The maximum atomic E-state index is 14.5. The molecule has 230 valence electrons. The van der Waals surface area contributed by atoms with Crippen LogP contribution in [0.1, 0.15) is 76.5 Å². The van der Waals surface area contributed by atoms with Crippen LogP contribution in [0.25, 0.3) is 0 Å². The van der Waals surface area contributed by atoms with E-state index in [0.717, 1.165) is 31.2 Å². The number of aliphatic carboxylic acids is 1. The van der Waals surface area contributed by atoms with Crippen LogP contribution in [-0.2, 0) is 24.3 Å². The third-order valence-corrected chi connectivity index (χ3v) is 12.0. The van der Waals surface area contributed by atoms with Crippen LogP contribution in [0.15, 0.2) is 47.4 Å². The van der Waals surface area contributed by atoms with Gasteiger partial charge in [-0.15, -0.1) is 0 Å². The molecular weight excluding hydrogens is 617 g/mol. The summed E-state index contributed by atoms with van der Waals surface area (Å²) in [5.41, 5.74) is 0.749. The second-order valence-corrected chi connectivity index (χ2v) is 16.2. The van der Waals surface area contributed by atoms with E-state index < -0.39 is 44.8 Å². The number of aryl methyl sites for hydroxylation is 1. The number of carboxylic acids is 1. The first-order valence-electron chi connectivity index (χ1n) is 14.3. The summed E-state index contributed by atoms with van der Waals surface area (Å²) in [6, 6.07) is 9.80. The van der Waals surface area contributed by atoms with Gasteiger partial charge in [-0.25, -0.2) is 8.42 Å². The molecule has 1 heterocycles. The molecule has 0 amide bonds. The standard InChI is InChI=1S/C31H39Cl2NO6S2/c1-19-9-12-22(13-10-19)42(38,39)34-25(17-20-7-5-6-8-20)29(41-16-15-26(35)40-31(2,3)4)27(30(36)37)28(34)21-11-14-23(32)24(33)18-21/h9-14,18,20,25,27-29H,5-8,15-17H2,1-4H3,(H,36,37)/t25?,27-,28?,29+/m0/s1. The van der Waals surface area contributed by atoms with E-state index >= 15 is 0 Å². The van der Waals surface area contributed by atoms with Crippen LogP contribution in [-0.4, -0.2) is 52.4 Å². The van der Waals surface area contributed by atoms with Crippen molar-refractivity contribution in [2.75, 3.05) is 5.75 Å². The summed E-state index contributed by atoms with van der Waals surface area (Å²) in [4.78, 5) is 25.7. The predicted molar refractivity (Wildman–Crippen MR) is 168 cm³/mol. The number of hydrogen-bond donors (Lipinski definition) is 1. The van der Waals surface area contributed by atoms with Crippen LogP contribution in [0.2, 0.25) is 10.0 Å². The van der Waals surface area contributed by atoms with E-state index in [9.17, 15) is 23.1 Å². The van der Waals surface area contributed by atoms with Crippen molar-refractivity contribution in [2.45, 2.75) is 94.1 Å². The molecule has 42 heavy (non-hydrogen) atoms. The Morgan fingerprint density at radius 2 is 1.69 bits per heavy atom. The van der Waals surface area contributed by atoms with E-state index in [-0.39, 0.29) is 28.2 Å². The van der Waals surface area contributed by atoms with E-state index in [4.69, 9.17) is 27.9 Å². The zero-order chi connectivity index (χ0) is 30.8. The average molecular weight is 657 g/mol. The second kappa shape index (κ2) is 13.5. The van der Waals surface area contributed by atoms with Gasteiger partial charge in [0, 0.05) is 17.0 Å². The molecule has 1 saturated heterocycles. The normalized spacial score (nSPS) is 23.8. The predicted octanol–water partition coefficient (Wildman–Crippen LogP) is 7.53. The number of thioether (sulfide) groups is 1. The molecule has 1 aliphatic carbocycles. The molecule has 2 unspecified atom stereocenters. The number of carbonyl (C=O) groups is 2. The lowest BCUT2D eigenvalue weighted by molar-refractivity contribution is -0.154. The van der Waals surface area contributed by atoms with Crippen molar-refractivity contribution in [3.63, 3.8) is 0 Å². The summed E-state index contributed by atoms with van der Waals surface area (Å²) in [5, 5.41) is 10.6. The fraction of sp³-hybridized carbons (Fsp3) is 0.548. The first kappa shape index (κ1) is 33.1. The fourth-order valence-electron chi connectivity index (χ4n) is 6.13. The number of halogens is 2. The Morgan fingerprint density at radius 3 is 2.26 bits per heavy atom. The first-order chi connectivity index (χ1) is 19.7. The Balaban J connectivity index is 1.82. The van der Waals surface area contributed by atoms with Gasteiger partial charge < -0.3 is 9.84 Å². The van der Waals surface area contributed by atoms with Gasteiger partial charge in [0.2, 0.25) is 10.0 Å². The lowest BCUT2D eigenvalue weighted by Gasteiger charge is -2.32. The van der Waals surface area contributed by atoms with Gasteiger partial charge in [0.15, 0.2) is 0 Å². The number of carboxylic acid groups (broad SMARTS) is 1. The molecule has 1 N–H and O–H groups in total. The highest BCUT2D eigenvalue weighted by Crippen LogP contribution is 2.52. The van der Waals surface area contributed by atoms with E-state index in [2.05, 4.69) is 0 Å². The molecule has 1 aliphatic heterocycles. The zero-order valence-electron chi connectivity index (χ0n) is 24.4. The molecule has 0 aromatic heterocycles. The van der Waals surface area contributed by atoms with Crippen LogP contribution < -0.4 is 0 Å². The molecular formula is C31H39Cl2NO6S2. The fourth-order valence-corrected chi connectivity index (χ4v) is 9.85.